The van der Waals surface area contributed by atoms with Crippen molar-refractivity contribution < 1.29 is 28.5 Å². The maximum atomic E-state index is 14.9. The van der Waals surface area contributed by atoms with E-state index in [2.05, 4.69) is 15.3 Å². The number of rotatable bonds is 7. The van der Waals surface area contributed by atoms with Crippen LogP contribution in [0.4, 0.5) is 14.5 Å². The average molecular weight is 526 g/mol. The number of carbonyl (C=O) groups excluding carboxylic acids is 1. The monoisotopic (exact) mass is 525 g/mol. The van der Waals surface area contributed by atoms with Crippen molar-refractivity contribution in [1.29, 1.82) is 0 Å². The second-order valence-electron chi connectivity index (χ2n) is 10.2. The first-order valence-corrected chi connectivity index (χ1v) is 12.7. The van der Waals surface area contributed by atoms with Crippen molar-refractivity contribution in [3.63, 3.8) is 0 Å². The standard InChI is InChI=1S/C29H33F2N3O4/c1-16(2)19-6-5-7-21(30)26(19)27-22(31)8-9-23(33-27)28(36)34-24-14-32-11-10-20(24)18-12-17(3)29(37,15-35)25(13-18)38-4/h5-11,14,16-18,25,35,37H,12-13,15H2,1-4H3,(H,34,36). The molecule has 0 saturated heterocycles. The maximum Gasteiger partial charge on any atom is 0.274 e. The topological polar surface area (TPSA) is 105 Å². The second-order valence-corrected chi connectivity index (χ2v) is 10.2. The molecule has 2 heterocycles. The molecule has 1 aromatic carbocycles. The number of ether oxygens (including phenoxy) is 1. The zero-order chi connectivity index (χ0) is 27.6. The molecule has 202 valence electrons. The van der Waals surface area contributed by atoms with Crippen LogP contribution in [0.15, 0.2) is 48.8 Å². The van der Waals surface area contributed by atoms with Gasteiger partial charge in [-0.15, -0.1) is 0 Å². The minimum atomic E-state index is -1.36. The molecular weight excluding hydrogens is 492 g/mol. The van der Waals surface area contributed by atoms with Gasteiger partial charge in [0.2, 0.25) is 0 Å². The Morgan fingerprint density at radius 1 is 1.18 bits per heavy atom. The van der Waals surface area contributed by atoms with Crippen LogP contribution in [0.3, 0.4) is 0 Å². The van der Waals surface area contributed by atoms with Gasteiger partial charge in [0.25, 0.3) is 5.91 Å². The van der Waals surface area contributed by atoms with Gasteiger partial charge in [0, 0.05) is 18.9 Å². The van der Waals surface area contributed by atoms with E-state index in [0.717, 1.165) is 11.6 Å². The first-order chi connectivity index (χ1) is 18.1. The van der Waals surface area contributed by atoms with Gasteiger partial charge in [-0.05, 0) is 66.0 Å². The number of aliphatic hydroxyl groups is 2. The van der Waals surface area contributed by atoms with Gasteiger partial charge in [-0.2, -0.15) is 0 Å². The molecule has 38 heavy (non-hydrogen) atoms. The third-order valence-electron chi connectivity index (χ3n) is 7.61. The summed E-state index contributed by atoms with van der Waals surface area (Å²) < 4.78 is 35.2. The predicted molar refractivity (Wildman–Crippen MR) is 140 cm³/mol. The van der Waals surface area contributed by atoms with Crippen LogP contribution in [-0.4, -0.2) is 51.5 Å². The first-order valence-electron chi connectivity index (χ1n) is 12.7. The molecule has 1 fully saturated rings. The van der Waals surface area contributed by atoms with Crippen molar-refractivity contribution in [1.82, 2.24) is 9.97 Å². The highest BCUT2D eigenvalue weighted by Crippen LogP contribution is 2.44. The predicted octanol–water partition coefficient (Wildman–Crippen LogP) is 5.05. The van der Waals surface area contributed by atoms with E-state index in [-0.39, 0.29) is 34.7 Å². The highest BCUT2D eigenvalue weighted by atomic mass is 19.1. The molecule has 4 atom stereocenters. The summed E-state index contributed by atoms with van der Waals surface area (Å²) in [7, 11) is 1.49. The van der Waals surface area contributed by atoms with Crippen LogP contribution in [0.2, 0.25) is 0 Å². The number of nitrogens with zero attached hydrogens (tertiary/aromatic N) is 2. The molecule has 1 aliphatic carbocycles. The van der Waals surface area contributed by atoms with E-state index in [0.29, 0.717) is 24.1 Å². The number of halogens is 2. The van der Waals surface area contributed by atoms with Crippen LogP contribution < -0.4 is 5.32 Å². The second kappa shape index (κ2) is 11.2. The largest absolute Gasteiger partial charge is 0.393 e. The summed E-state index contributed by atoms with van der Waals surface area (Å²) in [6, 6.07) is 8.68. The van der Waals surface area contributed by atoms with Crippen LogP contribution in [0, 0.1) is 17.6 Å². The lowest BCUT2D eigenvalue weighted by Gasteiger charge is -2.46. The van der Waals surface area contributed by atoms with Crippen LogP contribution in [0.25, 0.3) is 11.3 Å². The van der Waals surface area contributed by atoms with Crippen molar-refractivity contribution in [3.8, 4) is 11.3 Å². The lowest BCUT2D eigenvalue weighted by Crippen LogP contribution is -2.55. The molecule has 3 N–H and O–H groups in total. The number of aliphatic hydroxyl groups excluding tert-OH is 1. The van der Waals surface area contributed by atoms with Crippen LogP contribution in [-0.2, 0) is 4.74 Å². The molecule has 4 unspecified atom stereocenters. The van der Waals surface area contributed by atoms with Crippen LogP contribution in [0.5, 0.6) is 0 Å². The van der Waals surface area contributed by atoms with Gasteiger partial charge in [-0.3, -0.25) is 9.78 Å². The highest BCUT2D eigenvalue weighted by Gasteiger charge is 2.47. The molecule has 7 nitrogen and oxygen atoms in total. The number of carbonyl (C=O) groups is 1. The molecule has 9 heteroatoms. The van der Waals surface area contributed by atoms with Crippen molar-refractivity contribution in [2.24, 2.45) is 5.92 Å². The van der Waals surface area contributed by atoms with E-state index in [1.807, 2.05) is 20.8 Å². The summed E-state index contributed by atoms with van der Waals surface area (Å²) in [4.78, 5) is 21.6. The smallest absolute Gasteiger partial charge is 0.274 e. The molecule has 1 saturated carbocycles. The maximum absolute atomic E-state index is 14.9. The number of methoxy groups -OCH3 is 1. The number of amides is 1. The highest BCUT2D eigenvalue weighted by molar-refractivity contribution is 6.03. The Balaban J connectivity index is 1.65. The van der Waals surface area contributed by atoms with Crippen molar-refractivity contribution >= 4 is 11.6 Å². The van der Waals surface area contributed by atoms with Gasteiger partial charge in [-0.1, -0.05) is 32.9 Å². The molecule has 1 amide bonds. The lowest BCUT2D eigenvalue weighted by atomic mass is 9.68. The summed E-state index contributed by atoms with van der Waals surface area (Å²) in [6.07, 6.45) is 3.51. The molecule has 0 spiro atoms. The van der Waals surface area contributed by atoms with Crippen LogP contribution in [0.1, 0.15) is 67.1 Å². The zero-order valence-electron chi connectivity index (χ0n) is 21.9. The summed E-state index contributed by atoms with van der Waals surface area (Å²) in [5.41, 5.74) is 0.202. The fourth-order valence-corrected chi connectivity index (χ4v) is 5.39. The number of hydrogen-bond acceptors (Lipinski definition) is 6. The molecule has 4 rings (SSSR count). The number of aromatic nitrogens is 2. The number of benzene rings is 1. The van der Waals surface area contributed by atoms with Crippen molar-refractivity contribution in [3.05, 3.63) is 77.2 Å². The number of nitrogens with one attached hydrogen (secondary N) is 1. The van der Waals surface area contributed by atoms with Gasteiger partial charge in [0.15, 0.2) is 0 Å². The normalized spacial score (nSPS) is 23.4. The van der Waals surface area contributed by atoms with E-state index in [9.17, 15) is 23.8 Å². The van der Waals surface area contributed by atoms with E-state index >= 15 is 0 Å². The third kappa shape index (κ3) is 5.18. The van der Waals surface area contributed by atoms with E-state index < -0.39 is 35.9 Å². The molecule has 0 bridgehead atoms. The summed E-state index contributed by atoms with van der Waals surface area (Å²) in [5, 5.41) is 23.6. The Hall–Kier alpha value is -3.27. The van der Waals surface area contributed by atoms with Gasteiger partial charge < -0.3 is 20.3 Å². The van der Waals surface area contributed by atoms with E-state index in [1.165, 1.54) is 25.4 Å². The van der Waals surface area contributed by atoms with Crippen molar-refractivity contribution in [2.45, 2.75) is 57.2 Å². The van der Waals surface area contributed by atoms with E-state index in [4.69, 9.17) is 4.74 Å². The Morgan fingerprint density at radius 2 is 1.95 bits per heavy atom. The molecule has 0 radical (unpaired) electrons. The molecule has 3 aromatic rings. The van der Waals surface area contributed by atoms with Crippen molar-refractivity contribution in [2.75, 3.05) is 19.0 Å². The Morgan fingerprint density at radius 3 is 2.63 bits per heavy atom. The van der Waals surface area contributed by atoms with Gasteiger partial charge in [0.05, 0.1) is 24.6 Å². The first kappa shape index (κ1) is 27.8. The zero-order valence-corrected chi connectivity index (χ0v) is 21.9. The lowest BCUT2D eigenvalue weighted by molar-refractivity contribution is -0.170. The summed E-state index contributed by atoms with van der Waals surface area (Å²) in [6.45, 7) is 5.18. The van der Waals surface area contributed by atoms with Gasteiger partial charge >= 0.3 is 0 Å². The van der Waals surface area contributed by atoms with Gasteiger partial charge in [0.1, 0.15) is 28.6 Å². The molecular formula is C29H33F2N3O4. The summed E-state index contributed by atoms with van der Waals surface area (Å²) >= 11 is 0. The van der Waals surface area contributed by atoms with Gasteiger partial charge in [-0.25, -0.2) is 13.8 Å². The molecule has 0 aliphatic heterocycles. The fourth-order valence-electron chi connectivity index (χ4n) is 5.39. The average Bonchev–Trinajstić information content (AvgIpc) is 2.90. The Kier molecular flexibility index (Phi) is 8.20. The molecule has 2 aromatic heterocycles. The minimum absolute atomic E-state index is 0.0369. The molecule has 1 aliphatic rings. The SMILES string of the molecule is COC1CC(c2ccncc2NC(=O)c2ccc(F)c(-c3c(F)cccc3C(C)C)n2)CC(C)C1(O)CO. The Labute approximate surface area is 220 Å². The van der Waals surface area contributed by atoms with Crippen LogP contribution >= 0.6 is 0 Å². The Bertz CT molecular complexity index is 1320. The quantitative estimate of drug-likeness (QED) is 0.399. The number of pyridine rings is 2. The fraction of sp³-hybridized carbons (Fsp3) is 0.414. The number of hydrogen-bond donors (Lipinski definition) is 3. The summed E-state index contributed by atoms with van der Waals surface area (Å²) in [5.74, 6) is -2.39. The number of anilines is 1. The third-order valence-corrected chi connectivity index (χ3v) is 7.61. The van der Waals surface area contributed by atoms with E-state index in [1.54, 1.807) is 24.4 Å². The minimum Gasteiger partial charge on any atom is -0.393 e.